The van der Waals surface area contributed by atoms with E-state index in [0.29, 0.717) is 0 Å². The van der Waals surface area contributed by atoms with Crippen LogP contribution in [-0.2, 0) is 4.79 Å². The molecule has 66 valence electrons. The van der Waals surface area contributed by atoms with Gasteiger partial charge in [-0.1, -0.05) is 0 Å². The Morgan fingerprint density at radius 1 is 1.67 bits per heavy atom. The maximum atomic E-state index is 13.1. The molecule has 0 saturated carbocycles. The SMILES string of the molecule is CC1(F)C=CC(F)=C(C=O)C1F. The minimum atomic E-state index is -2.29. The van der Waals surface area contributed by atoms with Crippen molar-refractivity contribution in [1.29, 1.82) is 0 Å². The molecule has 0 aromatic heterocycles. The Labute approximate surface area is 67.6 Å². The first-order chi connectivity index (χ1) is 5.49. The summed E-state index contributed by atoms with van der Waals surface area (Å²) in [7, 11) is 0. The topological polar surface area (TPSA) is 17.1 Å². The molecule has 0 heterocycles. The van der Waals surface area contributed by atoms with E-state index in [4.69, 9.17) is 0 Å². The quantitative estimate of drug-likeness (QED) is 0.559. The molecule has 0 aromatic carbocycles. The summed E-state index contributed by atoms with van der Waals surface area (Å²) in [6.07, 6.45) is -0.679. The lowest BCUT2D eigenvalue weighted by molar-refractivity contribution is -0.106. The van der Waals surface area contributed by atoms with Gasteiger partial charge in [-0.2, -0.15) is 0 Å². The average molecular weight is 176 g/mol. The monoisotopic (exact) mass is 176 g/mol. The number of hydrogen-bond donors (Lipinski definition) is 0. The van der Waals surface area contributed by atoms with Crippen LogP contribution in [0.1, 0.15) is 6.92 Å². The molecule has 1 aliphatic carbocycles. The molecule has 0 bridgehead atoms. The number of halogens is 3. The van der Waals surface area contributed by atoms with Crippen molar-refractivity contribution >= 4 is 6.29 Å². The number of hydrogen-bond acceptors (Lipinski definition) is 1. The van der Waals surface area contributed by atoms with Crippen LogP contribution >= 0.6 is 0 Å². The van der Waals surface area contributed by atoms with Crippen molar-refractivity contribution in [2.24, 2.45) is 0 Å². The van der Waals surface area contributed by atoms with Crippen LogP contribution in [0, 0.1) is 0 Å². The minimum absolute atomic E-state index is 0.00132. The standard InChI is InChI=1S/C8H7F3O/c1-8(11)3-2-6(9)5(4-12)7(8)10/h2-4,7H,1H3. The number of aldehydes is 1. The molecule has 0 aromatic rings. The Hall–Kier alpha value is -1.06. The van der Waals surface area contributed by atoms with Gasteiger partial charge in [0.2, 0.25) is 0 Å². The summed E-state index contributed by atoms with van der Waals surface area (Å²) in [6.45, 7) is 0.949. The molecular weight excluding hydrogens is 169 g/mol. The summed E-state index contributed by atoms with van der Waals surface area (Å²) in [5.74, 6) is -1.01. The number of allylic oxidation sites excluding steroid dienone is 4. The highest BCUT2D eigenvalue weighted by atomic mass is 19.2. The molecule has 2 unspecified atom stereocenters. The highest BCUT2D eigenvalue weighted by Gasteiger charge is 2.39. The molecule has 0 spiro atoms. The van der Waals surface area contributed by atoms with Crippen molar-refractivity contribution in [1.82, 2.24) is 0 Å². The van der Waals surface area contributed by atoms with Gasteiger partial charge in [0.15, 0.2) is 18.1 Å². The van der Waals surface area contributed by atoms with Crippen molar-refractivity contribution in [2.75, 3.05) is 0 Å². The molecule has 0 radical (unpaired) electrons. The number of alkyl halides is 2. The van der Waals surface area contributed by atoms with Crippen LogP contribution in [0.25, 0.3) is 0 Å². The largest absolute Gasteiger partial charge is 0.298 e. The zero-order chi connectivity index (χ0) is 9.35. The molecule has 12 heavy (non-hydrogen) atoms. The molecular formula is C8H7F3O. The highest BCUT2D eigenvalue weighted by molar-refractivity contribution is 5.77. The van der Waals surface area contributed by atoms with E-state index in [1.165, 1.54) is 0 Å². The van der Waals surface area contributed by atoms with Crippen LogP contribution in [0.15, 0.2) is 23.6 Å². The van der Waals surface area contributed by atoms with Gasteiger partial charge in [0.25, 0.3) is 0 Å². The lowest BCUT2D eigenvalue weighted by Gasteiger charge is -2.23. The van der Waals surface area contributed by atoms with Gasteiger partial charge in [-0.3, -0.25) is 4.79 Å². The van der Waals surface area contributed by atoms with Gasteiger partial charge in [-0.05, 0) is 19.1 Å². The van der Waals surface area contributed by atoms with E-state index < -0.39 is 23.2 Å². The molecule has 0 fully saturated rings. The second kappa shape index (κ2) is 2.77. The summed E-state index contributed by atoms with van der Waals surface area (Å²) in [4.78, 5) is 10.1. The number of carbonyl (C=O) groups is 1. The first-order valence-corrected chi connectivity index (χ1v) is 3.36. The van der Waals surface area contributed by atoms with Crippen LogP contribution in [0.2, 0.25) is 0 Å². The smallest absolute Gasteiger partial charge is 0.168 e. The van der Waals surface area contributed by atoms with Crippen molar-refractivity contribution in [3.63, 3.8) is 0 Å². The highest BCUT2D eigenvalue weighted by Crippen LogP contribution is 2.32. The van der Waals surface area contributed by atoms with Crippen LogP contribution in [0.4, 0.5) is 13.2 Å². The molecule has 0 amide bonds. The maximum absolute atomic E-state index is 13.1. The number of rotatable bonds is 1. The zero-order valence-corrected chi connectivity index (χ0v) is 6.35. The fraction of sp³-hybridized carbons (Fsp3) is 0.375. The van der Waals surface area contributed by atoms with Crippen molar-refractivity contribution in [3.05, 3.63) is 23.6 Å². The first-order valence-electron chi connectivity index (χ1n) is 3.36. The van der Waals surface area contributed by atoms with E-state index in [2.05, 4.69) is 0 Å². The van der Waals surface area contributed by atoms with Crippen LogP contribution in [-0.4, -0.2) is 18.1 Å². The lowest BCUT2D eigenvalue weighted by atomic mass is 9.91. The van der Waals surface area contributed by atoms with E-state index >= 15 is 0 Å². The van der Waals surface area contributed by atoms with E-state index in [0.717, 1.165) is 19.1 Å². The van der Waals surface area contributed by atoms with Gasteiger partial charge in [0, 0.05) is 0 Å². The molecule has 2 atom stereocenters. The second-order valence-electron chi connectivity index (χ2n) is 2.77. The van der Waals surface area contributed by atoms with Crippen molar-refractivity contribution in [3.8, 4) is 0 Å². The maximum Gasteiger partial charge on any atom is 0.168 e. The van der Waals surface area contributed by atoms with Gasteiger partial charge in [0.1, 0.15) is 5.83 Å². The fourth-order valence-corrected chi connectivity index (χ4v) is 0.958. The van der Waals surface area contributed by atoms with E-state index in [1.807, 2.05) is 0 Å². The zero-order valence-electron chi connectivity index (χ0n) is 6.35. The molecule has 0 N–H and O–H groups in total. The molecule has 0 aliphatic heterocycles. The number of carbonyl (C=O) groups excluding carboxylic acids is 1. The van der Waals surface area contributed by atoms with Crippen LogP contribution in [0.3, 0.4) is 0 Å². The molecule has 1 aliphatic rings. The Bertz CT molecular complexity index is 265. The van der Waals surface area contributed by atoms with Crippen molar-refractivity contribution < 1.29 is 18.0 Å². The summed E-state index contributed by atoms with van der Waals surface area (Å²) in [5.41, 5.74) is -3.05. The van der Waals surface area contributed by atoms with Crippen LogP contribution < -0.4 is 0 Å². The Balaban J connectivity index is 3.10. The van der Waals surface area contributed by atoms with E-state index in [1.54, 1.807) is 0 Å². The molecule has 4 heteroatoms. The summed E-state index contributed by atoms with van der Waals surface area (Å²) in [5, 5.41) is 0. The third-order valence-electron chi connectivity index (χ3n) is 1.73. The second-order valence-corrected chi connectivity index (χ2v) is 2.77. The Morgan fingerprint density at radius 3 is 2.67 bits per heavy atom. The predicted molar refractivity (Wildman–Crippen MR) is 37.7 cm³/mol. The molecule has 0 saturated heterocycles. The summed E-state index contributed by atoms with van der Waals surface area (Å²) >= 11 is 0. The van der Waals surface area contributed by atoms with Gasteiger partial charge >= 0.3 is 0 Å². The normalized spacial score (nSPS) is 35.5. The third kappa shape index (κ3) is 1.29. The minimum Gasteiger partial charge on any atom is -0.298 e. The van der Waals surface area contributed by atoms with Crippen LogP contribution in [0.5, 0.6) is 0 Å². The Morgan fingerprint density at radius 2 is 2.25 bits per heavy atom. The summed E-state index contributed by atoms with van der Waals surface area (Å²) < 4.78 is 38.6. The predicted octanol–water partition coefficient (Wildman–Crippen LogP) is 2.04. The van der Waals surface area contributed by atoms with Gasteiger partial charge in [0.05, 0.1) is 5.57 Å². The van der Waals surface area contributed by atoms with E-state index in [9.17, 15) is 18.0 Å². The van der Waals surface area contributed by atoms with Gasteiger partial charge in [-0.25, -0.2) is 13.2 Å². The summed E-state index contributed by atoms with van der Waals surface area (Å²) in [6, 6.07) is 0. The Kier molecular flexibility index (Phi) is 2.08. The molecule has 1 rings (SSSR count). The molecule has 1 nitrogen and oxygen atoms in total. The van der Waals surface area contributed by atoms with Gasteiger partial charge < -0.3 is 0 Å². The van der Waals surface area contributed by atoms with Crippen molar-refractivity contribution in [2.45, 2.75) is 18.8 Å². The van der Waals surface area contributed by atoms with Gasteiger partial charge in [-0.15, -0.1) is 0 Å². The average Bonchev–Trinajstić information content (AvgIpc) is 2.00. The lowest BCUT2D eigenvalue weighted by Crippen LogP contribution is -2.33. The first kappa shape index (κ1) is 9.03. The van der Waals surface area contributed by atoms with E-state index in [-0.39, 0.29) is 6.29 Å². The fourth-order valence-electron chi connectivity index (χ4n) is 0.958. The third-order valence-corrected chi connectivity index (χ3v) is 1.73.